The number of nitrogens with zero attached hydrogens (tertiary/aromatic N) is 2. The van der Waals surface area contributed by atoms with E-state index in [1.807, 2.05) is 0 Å². The number of carboxylic acids is 1. The molecule has 0 atom stereocenters. The van der Waals surface area contributed by atoms with Crippen LogP contribution in [0, 0.1) is 6.92 Å². The molecule has 0 amide bonds. The smallest absolute Gasteiger partial charge is 0.357 e. The van der Waals surface area contributed by atoms with Gasteiger partial charge in [0.1, 0.15) is 4.90 Å². The average Bonchev–Trinajstić information content (AvgIpc) is 2.83. The highest BCUT2D eigenvalue weighted by Gasteiger charge is 2.28. The van der Waals surface area contributed by atoms with E-state index < -0.39 is 21.7 Å². The molecule has 0 aromatic carbocycles. The fraction of sp³-hybridized carbons (Fsp3) is 0.667. The molecular formula is C12H20N4O4S. The van der Waals surface area contributed by atoms with Crippen LogP contribution in [-0.2, 0) is 10.0 Å². The summed E-state index contributed by atoms with van der Waals surface area (Å²) in [6.07, 6.45) is 3.49. The number of aromatic carboxylic acids is 1. The number of likely N-dealkylation sites (tertiary alicyclic amines) is 1. The van der Waals surface area contributed by atoms with Crippen LogP contribution >= 0.6 is 0 Å². The summed E-state index contributed by atoms with van der Waals surface area (Å²) in [6, 6.07) is 0. The van der Waals surface area contributed by atoms with Crippen LogP contribution in [0.5, 0.6) is 0 Å². The SMILES string of the molecule is Cc1[nH]nc(C(=O)O)c1S(=O)(=O)NCCN1CCCCC1. The van der Waals surface area contributed by atoms with Crippen LogP contribution in [0.1, 0.15) is 35.4 Å². The normalized spacial score (nSPS) is 17.0. The van der Waals surface area contributed by atoms with Gasteiger partial charge in [-0.05, 0) is 32.9 Å². The van der Waals surface area contributed by atoms with Crippen molar-refractivity contribution >= 4 is 16.0 Å². The summed E-state index contributed by atoms with van der Waals surface area (Å²) in [5.41, 5.74) is -0.254. The molecule has 1 aromatic heterocycles. The topological polar surface area (TPSA) is 115 Å². The van der Waals surface area contributed by atoms with E-state index in [0.717, 1.165) is 25.9 Å². The molecule has 0 bridgehead atoms. The number of rotatable bonds is 6. The molecule has 0 spiro atoms. The second-order valence-electron chi connectivity index (χ2n) is 5.13. The van der Waals surface area contributed by atoms with Gasteiger partial charge in [0.2, 0.25) is 10.0 Å². The van der Waals surface area contributed by atoms with Gasteiger partial charge >= 0.3 is 5.97 Å². The van der Waals surface area contributed by atoms with Crippen LogP contribution < -0.4 is 4.72 Å². The summed E-state index contributed by atoms with van der Waals surface area (Å²) in [6.45, 7) is 4.32. The van der Waals surface area contributed by atoms with E-state index in [2.05, 4.69) is 19.8 Å². The zero-order valence-corrected chi connectivity index (χ0v) is 12.7. The fourth-order valence-electron chi connectivity index (χ4n) is 2.49. The number of carboxylic acid groups (broad SMARTS) is 1. The molecule has 21 heavy (non-hydrogen) atoms. The number of H-pyrrole nitrogens is 1. The number of aromatic amines is 1. The molecule has 118 valence electrons. The van der Waals surface area contributed by atoms with E-state index in [0.29, 0.717) is 6.54 Å². The number of piperidine rings is 1. The third kappa shape index (κ3) is 3.80. The molecule has 1 fully saturated rings. The molecule has 1 aliphatic rings. The van der Waals surface area contributed by atoms with Gasteiger partial charge < -0.3 is 10.0 Å². The van der Waals surface area contributed by atoms with E-state index >= 15 is 0 Å². The molecule has 0 saturated carbocycles. The second-order valence-corrected chi connectivity index (χ2v) is 6.84. The maximum absolute atomic E-state index is 12.2. The van der Waals surface area contributed by atoms with Gasteiger partial charge in [-0.1, -0.05) is 6.42 Å². The van der Waals surface area contributed by atoms with Crippen molar-refractivity contribution in [3.05, 3.63) is 11.4 Å². The first kappa shape index (κ1) is 15.9. The maximum atomic E-state index is 12.2. The minimum atomic E-state index is -3.88. The second kappa shape index (κ2) is 6.54. The summed E-state index contributed by atoms with van der Waals surface area (Å²) in [7, 11) is -3.88. The molecule has 9 heteroatoms. The van der Waals surface area contributed by atoms with Crippen molar-refractivity contribution < 1.29 is 18.3 Å². The summed E-state index contributed by atoms with van der Waals surface area (Å²) in [5.74, 6) is -1.37. The van der Waals surface area contributed by atoms with Gasteiger partial charge in [-0.25, -0.2) is 17.9 Å². The minimum Gasteiger partial charge on any atom is -0.476 e. The fourth-order valence-corrected chi connectivity index (χ4v) is 3.83. The molecule has 0 aliphatic carbocycles. The van der Waals surface area contributed by atoms with E-state index in [4.69, 9.17) is 5.11 Å². The van der Waals surface area contributed by atoms with Gasteiger partial charge in [0, 0.05) is 13.1 Å². The zero-order valence-electron chi connectivity index (χ0n) is 11.9. The molecule has 3 N–H and O–H groups in total. The lowest BCUT2D eigenvalue weighted by Gasteiger charge is -2.26. The number of nitrogens with one attached hydrogen (secondary N) is 2. The first-order chi connectivity index (χ1) is 9.92. The Morgan fingerprint density at radius 3 is 2.67 bits per heavy atom. The largest absolute Gasteiger partial charge is 0.476 e. The first-order valence-corrected chi connectivity index (χ1v) is 8.40. The molecule has 1 aliphatic heterocycles. The molecule has 0 unspecified atom stereocenters. The van der Waals surface area contributed by atoms with Crippen molar-refractivity contribution in [2.75, 3.05) is 26.2 Å². The Hall–Kier alpha value is -1.45. The molecule has 1 aromatic rings. The van der Waals surface area contributed by atoms with E-state index in [1.165, 1.54) is 13.3 Å². The van der Waals surface area contributed by atoms with Crippen LogP contribution in [0.15, 0.2) is 4.90 Å². The van der Waals surface area contributed by atoms with Gasteiger partial charge in [0.15, 0.2) is 5.69 Å². The zero-order chi connectivity index (χ0) is 15.5. The summed E-state index contributed by atoms with van der Waals surface area (Å²) in [4.78, 5) is 12.9. The van der Waals surface area contributed by atoms with E-state index in [1.54, 1.807) is 0 Å². The summed E-state index contributed by atoms with van der Waals surface area (Å²) in [5, 5.41) is 14.9. The number of hydrogen-bond donors (Lipinski definition) is 3. The number of aromatic nitrogens is 2. The number of sulfonamides is 1. The van der Waals surface area contributed by atoms with Crippen LogP contribution in [-0.4, -0.2) is 60.8 Å². The summed E-state index contributed by atoms with van der Waals surface area (Å²) >= 11 is 0. The predicted molar refractivity (Wildman–Crippen MR) is 75.8 cm³/mol. The predicted octanol–water partition coefficient (Wildman–Crippen LogP) is 0.181. The third-order valence-electron chi connectivity index (χ3n) is 3.53. The van der Waals surface area contributed by atoms with Crippen LogP contribution in [0.25, 0.3) is 0 Å². The Bertz CT molecular complexity index is 605. The highest BCUT2D eigenvalue weighted by Crippen LogP contribution is 2.17. The minimum absolute atomic E-state index is 0.220. The lowest BCUT2D eigenvalue weighted by molar-refractivity contribution is 0.0686. The Balaban J connectivity index is 2.01. The van der Waals surface area contributed by atoms with Crippen molar-refractivity contribution in [3.63, 3.8) is 0 Å². The van der Waals surface area contributed by atoms with Gasteiger partial charge in [0.05, 0.1) is 5.69 Å². The highest BCUT2D eigenvalue weighted by atomic mass is 32.2. The van der Waals surface area contributed by atoms with Gasteiger partial charge in [-0.3, -0.25) is 5.10 Å². The van der Waals surface area contributed by atoms with Crippen LogP contribution in [0.3, 0.4) is 0 Å². The Morgan fingerprint density at radius 1 is 1.38 bits per heavy atom. The molecule has 2 heterocycles. The van der Waals surface area contributed by atoms with Crippen molar-refractivity contribution in [1.29, 1.82) is 0 Å². The quantitative estimate of drug-likeness (QED) is 0.689. The number of hydrogen-bond acceptors (Lipinski definition) is 5. The molecule has 0 radical (unpaired) electrons. The maximum Gasteiger partial charge on any atom is 0.357 e. The van der Waals surface area contributed by atoms with Crippen molar-refractivity contribution in [2.45, 2.75) is 31.1 Å². The van der Waals surface area contributed by atoms with Crippen LogP contribution in [0.2, 0.25) is 0 Å². The van der Waals surface area contributed by atoms with Crippen LogP contribution in [0.4, 0.5) is 0 Å². The average molecular weight is 316 g/mol. The summed E-state index contributed by atoms with van der Waals surface area (Å²) < 4.78 is 26.9. The van der Waals surface area contributed by atoms with Crippen molar-refractivity contribution in [3.8, 4) is 0 Å². The number of carbonyl (C=O) groups is 1. The Labute approximate surface area is 123 Å². The third-order valence-corrected chi connectivity index (χ3v) is 5.15. The van der Waals surface area contributed by atoms with Gasteiger partial charge in [-0.15, -0.1) is 0 Å². The number of aryl methyl sites for hydroxylation is 1. The van der Waals surface area contributed by atoms with Crippen molar-refractivity contribution in [2.24, 2.45) is 0 Å². The Kier molecular flexibility index (Phi) is 4.96. The molecular weight excluding hydrogens is 296 g/mol. The first-order valence-electron chi connectivity index (χ1n) is 6.92. The van der Waals surface area contributed by atoms with E-state index in [-0.39, 0.29) is 17.1 Å². The van der Waals surface area contributed by atoms with Gasteiger partial charge in [-0.2, -0.15) is 5.10 Å². The monoisotopic (exact) mass is 316 g/mol. The standard InChI is InChI=1S/C12H20N4O4S/c1-9-11(10(12(17)18)15-14-9)21(19,20)13-5-8-16-6-3-2-4-7-16/h13H,2-8H2,1H3,(H,14,15)(H,17,18). The highest BCUT2D eigenvalue weighted by molar-refractivity contribution is 7.89. The lowest BCUT2D eigenvalue weighted by Crippen LogP contribution is -2.38. The van der Waals surface area contributed by atoms with Gasteiger partial charge in [0.25, 0.3) is 0 Å². The lowest BCUT2D eigenvalue weighted by atomic mass is 10.1. The molecule has 8 nitrogen and oxygen atoms in total. The Morgan fingerprint density at radius 2 is 2.05 bits per heavy atom. The van der Waals surface area contributed by atoms with Crippen molar-refractivity contribution in [1.82, 2.24) is 19.8 Å². The van der Waals surface area contributed by atoms with E-state index in [9.17, 15) is 13.2 Å². The molecule has 2 rings (SSSR count). The molecule has 1 saturated heterocycles.